The average Bonchev–Trinajstić information content (AvgIpc) is 2.53. The number of carbonyl (C=O) groups excluding carboxylic acids is 1. The summed E-state index contributed by atoms with van der Waals surface area (Å²) in [7, 11) is 2.82. The Kier molecular flexibility index (Phi) is 4.50. The van der Waals surface area contributed by atoms with E-state index in [2.05, 4.69) is 10.4 Å². The van der Waals surface area contributed by atoms with Crippen molar-refractivity contribution >= 4 is 12.1 Å². The van der Waals surface area contributed by atoms with Crippen molar-refractivity contribution in [3.8, 4) is 5.75 Å². The van der Waals surface area contributed by atoms with Gasteiger partial charge >= 0.3 is 0 Å². The lowest BCUT2D eigenvalue weighted by Crippen LogP contribution is -2.26. The third-order valence-electron chi connectivity index (χ3n) is 2.81. The van der Waals surface area contributed by atoms with E-state index in [1.807, 2.05) is 30.3 Å². The fourth-order valence-corrected chi connectivity index (χ4v) is 1.80. The van der Waals surface area contributed by atoms with Crippen molar-refractivity contribution < 1.29 is 9.53 Å². The van der Waals surface area contributed by atoms with E-state index < -0.39 is 5.91 Å². The number of rotatable bonds is 4. The average molecular weight is 285 g/mol. The number of amides is 1. The fourth-order valence-electron chi connectivity index (χ4n) is 1.80. The zero-order valence-electron chi connectivity index (χ0n) is 11.7. The molecule has 0 unspecified atom stereocenters. The molecular weight excluding hydrogens is 270 g/mol. The first kappa shape index (κ1) is 14.5. The minimum atomic E-state index is -0.449. The maximum Gasteiger partial charge on any atom is 0.273 e. The van der Waals surface area contributed by atoms with Crippen molar-refractivity contribution in [1.29, 1.82) is 0 Å². The molecule has 108 valence electrons. The lowest BCUT2D eigenvalue weighted by Gasteiger charge is -2.10. The van der Waals surface area contributed by atoms with Gasteiger partial charge in [0.05, 0.1) is 13.3 Å². The number of nitrogens with one attached hydrogen (secondary N) is 1. The molecule has 1 aromatic heterocycles. The van der Waals surface area contributed by atoms with E-state index in [0.29, 0.717) is 0 Å². The van der Waals surface area contributed by atoms with Gasteiger partial charge in [0.15, 0.2) is 11.4 Å². The summed E-state index contributed by atoms with van der Waals surface area (Å²) >= 11 is 0. The first-order valence-corrected chi connectivity index (χ1v) is 6.28. The molecule has 21 heavy (non-hydrogen) atoms. The highest BCUT2D eigenvalue weighted by Crippen LogP contribution is 2.12. The van der Waals surface area contributed by atoms with Crippen LogP contribution in [0.25, 0.3) is 0 Å². The van der Waals surface area contributed by atoms with Crippen molar-refractivity contribution in [2.45, 2.75) is 0 Å². The zero-order valence-corrected chi connectivity index (χ0v) is 11.7. The van der Waals surface area contributed by atoms with Crippen LogP contribution in [0.15, 0.2) is 52.5 Å². The summed E-state index contributed by atoms with van der Waals surface area (Å²) < 4.78 is 6.34. The van der Waals surface area contributed by atoms with Crippen LogP contribution in [0.2, 0.25) is 0 Å². The Balaban J connectivity index is 2.51. The van der Waals surface area contributed by atoms with Crippen LogP contribution >= 0.6 is 0 Å². The number of methoxy groups -OCH3 is 1. The van der Waals surface area contributed by atoms with E-state index in [9.17, 15) is 9.59 Å². The molecule has 0 saturated carbocycles. The Hall–Kier alpha value is -2.89. The summed E-state index contributed by atoms with van der Waals surface area (Å²) in [6.07, 6.45) is 3.02. The molecule has 0 fully saturated rings. The second-order valence-electron chi connectivity index (χ2n) is 4.14. The standard InChI is InChI=1S/C15H15N3O3/c1-16-15(20)13-14(21-2)12(19)8-9-18(13)17-10-11-6-4-3-5-7-11/h3-10H,1-2H3,(H,16,20)/b17-10-. The molecule has 0 aliphatic rings. The molecule has 6 heteroatoms. The third kappa shape index (κ3) is 3.17. The molecule has 1 N–H and O–H groups in total. The molecular formula is C15H15N3O3. The lowest BCUT2D eigenvalue weighted by atomic mass is 10.2. The minimum Gasteiger partial charge on any atom is -0.491 e. The Morgan fingerprint density at radius 1 is 1.29 bits per heavy atom. The monoisotopic (exact) mass is 285 g/mol. The van der Waals surface area contributed by atoms with Crippen LogP contribution < -0.4 is 15.5 Å². The molecule has 0 bridgehead atoms. The van der Waals surface area contributed by atoms with Crippen LogP contribution in [-0.2, 0) is 0 Å². The van der Waals surface area contributed by atoms with Crippen LogP contribution in [0.3, 0.4) is 0 Å². The highest BCUT2D eigenvalue weighted by atomic mass is 16.5. The van der Waals surface area contributed by atoms with Crippen molar-refractivity contribution in [3.05, 3.63) is 64.1 Å². The Morgan fingerprint density at radius 3 is 2.62 bits per heavy atom. The van der Waals surface area contributed by atoms with Gasteiger partial charge in [0.1, 0.15) is 0 Å². The van der Waals surface area contributed by atoms with E-state index in [-0.39, 0.29) is 16.9 Å². The summed E-state index contributed by atoms with van der Waals surface area (Å²) in [6.45, 7) is 0. The molecule has 2 aromatic rings. The topological polar surface area (TPSA) is 72.7 Å². The normalized spacial score (nSPS) is 10.6. The molecule has 0 aliphatic carbocycles. The van der Waals surface area contributed by atoms with Gasteiger partial charge in [-0.2, -0.15) is 5.10 Å². The molecule has 1 heterocycles. The van der Waals surface area contributed by atoms with Crippen molar-refractivity contribution in [3.63, 3.8) is 0 Å². The Bertz CT molecular complexity index is 721. The van der Waals surface area contributed by atoms with E-state index in [4.69, 9.17) is 4.74 Å². The number of nitrogens with zero attached hydrogens (tertiary/aromatic N) is 2. The number of hydrogen-bond acceptors (Lipinski definition) is 4. The first-order chi connectivity index (χ1) is 10.2. The molecule has 0 spiro atoms. The number of pyridine rings is 1. The number of ether oxygens (including phenoxy) is 1. The summed E-state index contributed by atoms with van der Waals surface area (Å²) in [6, 6.07) is 10.7. The van der Waals surface area contributed by atoms with Gasteiger partial charge in [-0.25, -0.2) is 4.68 Å². The maximum atomic E-state index is 12.0. The van der Waals surface area contributed by atoms with Gasteiger partial charge in [0.2, 0.25) is 5.43 Å². The van der Waals surface area contributed by atoms with Crippen LogP contribution in [0.5, 0.6) is 5.75 Å². The van der Waals surface area contributed by atoms with Gasteiger partial charge in [0.25, 0.3) is 5.91 Å². The van der Waals surface area contributed by atoms with Crippen molar-refractivity contribution in [1.82, 2.24) is 9.99 Å². The number of benzene rings is 1. The number of carbonyl (C=O) groups is 1. The van der Waals surface area contributed by atoms with Crippen LogP contribution in [0.4, 0.5) is 0 Å². The molecule has 0 saturated heterocycles. The Morgan fingerprint density at radius 2 is 2.00 bits per heavy atom. The Labute approximate surface area is 121 Å². The van der Waals surface area contributed by atoms with E-state index in [0.717, 1.165) is 5.56 Å². The summed E-state index contributed by atoms with van der Waals surface area (Å²) in [5.41, 5.74) is 0.556. The molecule has 0 atom stereocenters. The number of aromatic nitrogens is 1. The first-order valence-electron chi connectivity index (χ1n) is 6.28. The quantitative estimate of drug-likeness (QED) is 0.855. The minimum absolute atomic E-state index is 0.0398. The van der Waals surface area contributed by atoms with Gasteiger partial charge < -0.3 is 10.1 Å². The molecule has 6 nitrogen and oxygen atoms in total. The van der Waals surface area contributed by atoms with Crippen LogP contribution in [-0.4, -0.2) is 31.0 Å². The lowest BCUT2D eigenvalue weighted by molar-refractivity contribution is 0.0950. The zero-order chi connectivity index (χ0) is 15.2. The summed E-state index contributed by atoms with van der Waals surface area (Å²) in [5, 5.41) is 6.68. The second-order valence-corrected chi connectivity index (χ2v) is 4.14. The van der Waals surface area contributed by atoms with Gasteiger partial charge in [-0.05, 0) is 5.56 Å². The molecule has 0 aliphatic heterocycles. The predicted octanol–water partition coefficient (Wildman–Crippen LogP) is 1.10. The summed E-state index contributed by atoms with van der Waals surface area (Å²) in [5.74, 6) is -0.489. The van der Waals surface area contributed by atoms with Gasteiger partial charge in [-0.1, -0.05) is 30.3 Å². The maximum absolute atomic E-state index is 12.0. The van der Waals surface area contributed by atoms with E-state index >= 15 is 0 Å². The molecule has 1 amide bonds. The van der Waals surface area contributed by atoms with E-state index in [1.165, 1.54) is 31.1 Å². The highest BCUT2D eigenvalue weighted by Gasteiger charge is 2.18. The molecule has 1 aromatic carbocycles. The molecule has 2 rings (SSSR count). The van der Waals surface area contributed by atoms with Crippen LogP contribution in [0, 0.1) is 0 Å². The van der Waals surface area contributed by atoms with Gasteiger partial charge in [0, 0.05) is 19.3 Å². The summed E-state index contributed by atoms with van der Waals surface area (Å²) in [4.78, 5) is 23.7. The SMILES string of the molecule is CNC(=O)c1c(OC)c(=O)ccn1/N=C\c1ccccc1. The van der Waals surface area contributed by atoms with Crippen molar-refractivity contribution in [2.75, 3.05) is 14.2 Å². The smallest absolute Gasteiger partial charge is 0.273 e. The fraction of sp³-hybridized carbons (Fsp3) is 0.133. The largest absolute Gasteiger partial charge is 0.491 e. The third-order valence-corrected chi connectivity index (χ3v) is 2.81. The van der Waals surface area contributed by atoms with E-state index in [1.54, 1.807) is 6.21 Å². The van der Waals surface area contributed by atoms with Gasteiger partial charge in [-0.3, -0.25) is 9.59 Å². The highest BCUT2D eigenvalue weighted by molar-refractivity contribution is 5.95. The predicted molar refractivity (Wildman–Crippen MR) is 80.1 cm³/mol. The second kappa shape index (κ2) is 6.51. The van der Waals surface area contributed by atoms with Crippen LogP contribution in [0.1, 0.15) is 16.1 Å². The molecule has 0 radical (unpaired) electrons. The van der Waals surface area contributed by atoms with Crippen molar-refractivity contribution in [2.24, 2.45) is 5.10 Å². The van der Waals surface area contributed by atoms with Gasteiger partial charge in [-0.15, -0.1) is 0 Å². The number of hydrogen-bond donors (Lipinski definition) is 1.